The van der Waals surface area contributed by atoms with E-state index in [4.69, 9.17) is 0 Å². The predicted molar refractivity (Wildman–Crippen MR) is 66.9 cm³/mol. The van der Waals surface area contributed by atoms with Gasteiger partial charge in [-0.15, -0.1) is 10.2 Å². The third-order valence-corrected chi connectivity index (χ3v) is 2.21. The average molecular weight is 246 g/mol. The van der Waals surface area contributed by atoms with Crippen molar-refractivity contribution < 1.29 is 4.79 Å². The van der Waals surface area contributed by atoms with Crippen molar-refractivity contribution in [1.29, 1.82) is 0 Å². The lowest BCUT2D eigenvalue weighted by atomic mass is 10.2. The van der Waals surface area contributed by atoms with E-state index in [1.165, 1.54) is 11.7 Å². The van der Waals surface area contributed by atoms with Crippen LogP contribution in [0.5, 0.6) is 0 Å². The molecule has 1 aromatic heterocycles. The van der Waals surface area contributed by atoms with Gasteiger partial charge in [0.05, 0.1) is 13.6 Å². The van der Waals surface area contributed by atoms with Crippen LogP contribution in [0.15, 0.2) is 24.3 Å². The number of tetrazole rings is 1. The summed E-state index contributed by atoms with van der Waals surface area (Å²) in [5.41, 5.74) is 1.70. The molecule has 2 rings (SSSR count). The van der Waals surface area contributed by atoms with Gasteiger partial charge < -0.3 is 10.6 Å². The van der Waals surface area contributed by atoms with Gasteiger partial charge in [0.15, 0.2) is 5.82 Å². The molecule has 0 fully saturated rings. The summed E-state index contributed by atoms with van der Waals surface area (Å²) in [5, 5.41) is 17.5. The number of carbonyl (C=O) groups is 1. The van der Waals surface area contributed by atoms with Crippen LogP contribution in [-0.2, 0) is 18.4 Å². The molecule has 0 radical (unpaired) electrons. The van der Waals surface area contributed by atoms with Crippen molar-refractivity contribution in [2.24, 2.45) is 7.05 Å². The van der Waals surface area contributed by atoms with Crippen LogP contribution in [0, 0.1) is 0 Å². The highest BCUT2D eigenvalue weighted by atomic mass is 16.1. The maximum Gasteiger partial charge on any atom is 0.221 e. The van der Waals surface area contributed by atoms with E-state index in [-0.39, 0.29) is 5.91 Å². The zero-order valence-electron chi connectivity index (χ0n) is 10.2. The van der Waals surface area contributed by atoms with Gasteiger partial charge in [-0.05, 0) is 29.5 Å². The fraction of sp³-hybridized carbons (Fsp3) is 0.273. The first-order valence-electron chi connectivity index (χ1n) is 5.48. The number of hydrogen-bond acceptors (Lipinski definition) is 5. The number of anilines is 2. The van der Waals surface area contributed by atoms with Crippen molar-refractivity contribution in [2.75, 3.05) is 10.6 Å². The smallest absolute Gasteiger partial charge is 0.221 e. The topological polar surface area (TPSA) is 84.7 Å². The molecule has 0 atom stereocenters. The maximum absolute atomic E-state index is 10.9. The van der Waals surface area contributed by atoms with E-state index >= 15 is 0 Å². The van der Waals surface area contributed by atoms with E-state index in [0.29, 0.717) is 12.4 Å². The Morgan fingerprint density at radius 1 is 1.28 bits per heavy atom. The van der Waals surface area contributed by atoms with Gasteiger partial charge in [-0.2, -0.15) is 4.80 Å². The molecule has 1 amide bonds. The first-order valence-corrected chi connectivity index (χ1v) is 5.48. The lowest BCUT2D eigenvalue weighted by Gasteiger charge is -2.05. The Labute approximate surface area is 104 Å². The van der Waals surface area contributed by atoms with Crippen molar-refractivity contribution in [2.45, 2.75) is 13.5 Å². The molecule has 0 aliphatic rings. The van der Waals surface area contributed by atoms with Crippen molar-refractivity contribution in [3.63, 3.8) is 0 Å². The molecule has 1 heterocycles. The highest BCUT2D eigenvalue weighted by Crippen LogP contribution is 2.13. The van der Waals surface area contributed by atoms with Gasteiger partial charge in [-0.25, -0.2) is 0 Å². The monoisotopic (exact) mass is 246 g/mol. The number of aryl methyl sites for hydroxylation is 1. The van der Waals surface area contributed by atoms with Gasteiger partial charge >= 0.3 is 0 Å². The Bertz CT molecular complexity index is 533. The zero-order chi connectivity index (χ0) is 13.0. The molecule has 1 aromatic carbocycles. The minimum absolute atomic E-state index is 0.0838. The van der Waals surface area contributed by atoms with Crippen LogP contribution in [-0.4, -0.2) is 26.1 Å². The minimum Gasteiger partial charge on any atom is -0.378 e. The van der Waals surface area contributed by atoms with Gasteiger partial charge in [-0.1, -0.05) is 0 Å². The zero-order valence-corrected chi connectivity index (χ0v) is 10.2. The summed E-state index contributed by atoms with van der Waals surface area (Å²) < 4.78 is 0. The second-order valence-electron chi connectivity index (χ2n) is 3.81. The van der Waals surface area contributed by atoms with Gasteiger partial charge in [0.1, 0.15) is 0 Å². The van der Waals surface area contributed by atoms with Crippen molar-refractivity contribution in [1.82, 2.24) is 20.2 Å². The average Bonchev–Trinajstić information content (AvgIpc) is 2.74. The van der Waals surface area contributed by atoms with Crippen LogP contribution in [0.3, 0.4) is 0 Å². The largest absolute Gasteiger partial charge is 0.378 e. The molecule has 94 valence electrons. The Balaban J connectivity index is 1.92. The van der Waals surface area contributed by atoms with Crippen LogP contribution in [0.4, 0.5) is 11.4 Å². The number of nitrogens with zero attached hydrogens (tertiary/aromatic N) is 4. The summed E-state index contributed by atoms with van der Waals surface area (Å²) in [4.78, 5) is 12.3. The Morgan fingerprint density at radius 2 is 1.94 bits per heavy atom. The van der Waals surface area contributed by atoms with E-state index in [9.17, 15) is 4.79 Å². The number of amides is 1. The Morgan fingerprint density at radius 3 is 2.50 bits per heavy atom. The summed E-state index contributed by atoms with van der Waals surface area (Å²) in [6.07, 6.45) is 0. The van der Waals surface area contributed by atoms with Crippen molar-refractivity contribution in [3.05, 3.63) is 30.1 Å². The molecule has 0 spiro atoms. The molecule has 0 saturated heterocycles. The molecular weight excluding hydrogens is 232 g/mol. The number of hydrogen-bond donors (Lipinski definition) is 2. The fourth-order valence-electron chi connectivity index (χ4n) is 1.45. The molecular formula is C11H14N6O. The standard InChI is InChI=1S/C11H14N6O/c1-8(18)13-10-5-3-9(4-6-10)12-7-11-14-16-17(2)15-11/h3-6,12H,7H2,1-2H3,(H,13,18). The molecule has 0 bridgehead atoms. The highest BCUT2D eigenvalue weighted by molar-refractivity contribution is 5.88. The van der Waals surface area contributed by atoms with E-state index in [1.54, 1.807) is 7.05 Å². The van der Waals surface area contributed by atoms with Crippen LogP contribution in [0.1, 0.15) is 12.7 Å². The number of nitrogens with one attached hydrogen (secondary N) is 2. The Kier molecular flexibility index (Phi) is 3.52. The number of rotatable bonds is 4. The van der Waals surface area contributed by atoms with Crippen LogP contribution >= 0.6 is 0 Å². The Hall–Kier alpha value is -2.44. The molecule has 0 unspecified atom stereocenters. The van der Waals surface area contributed by atoms with E-state index in [2.05, 4.69) is 26.0 Å². The number of aromatic nitrogens is 4. The quantitative estimate of drug-likeness (QED) is 0.832. The molecule has 7 heteroatoms. The van der Waals surface area contributed by atoms with E-state index in [1.807, 2.05) is 24.3 Å². The molecule has 0 aliphatic carbocycles. The number of benzene rings is 1. The van der Waals surface area contributed by atoms with E-state index < -0.39 is 0 Å². The summed E-state index contributed by atoms with van der Waals surface area (Å²) in [6.45, 7) is 1.99. The third kappa shape index (κ3) is 3.27. The lowest BCUT2D eigenvalue weighted by molar-refractivity contribution is -0.114. The molecule has 0 saturated carbocycles. The number of carbonyl (C=O) groups excluding carboxylic acids is 1. The first kappa shape index (κ1) is 12.0. The highest BCUT2D eigenvalue weighted by Gasteiger charge is 2.00. The summed E-state index contributed by atoms with van der Waals surface area (Å²) in [7, 11) is 1.72. The summed E-state index contributed by atoms with van der Waals surface area (Å²) in [5.74, 6) is 0.544. The van der Waals surface area contributed by atoms with Gasteiger partial charge in [0, 0.05) is 18.3 Å². The predicted octanol–water partition coefficient (Wildman–Crippen LogP) is 0.781. The molecule has 7 nitrogen and oxygen atoms in total. The van der Waals surface area contributed by atoms with E-state index in [0.717, 1.165) is 11.4 Å². The summed E-state index contributed by atoms with van der Waals surface area (Å²) in [6, 6.07) is 7.41. The van der Waals surface area contributed by atoms with Gasteiger partial charge in [-0.3, -0.25) is 4.79 Å². The molecule has 2 aromatic rings. The van der Waals surface area contributed by atoms with Crippen molar-refractivity contribution in [3.8, 4) is 0 Å². The molecule has 0 aliphatic heterocycles. The molecule has 2 N–H and O–H groups in total. The lowest BCUT2D eigenvalue weighted by Crippen LogP contribution is -2.06. The van der Waals surface area contributed by atoms with Crippen LogP contribution < -0.4 is 10.6 Å². The van der Waals surface area contributed by atoms with Gasteiger partial charge in [0.2, 0.25) is 5.91 Å². The van der Waals surface area contributed by atoms with Gasteiger partial charge in [0.25, 0.3) is 0 Å². The summed E-state index contributed by atoms with van der Waals surface area (Å²) >= 11 is 0. The fourth-order valence-corrected chi connectivity index (χ4v) is 1.45. The van der Waals surface area contributed by atoms with Crippen LogP contribution in [0.25, 0.3) is 0 Å². The van der Waals surface area contributed by atoms with Crippen LogP contribution in [0.2, 0.25) is 0 Å². The van der Waals surface area contributed by atoms with Crippen molar-refractivity contribution >= 4 is 17.3 Å². The third-order valence-electron chi connectivity index (χ3n) is 2.21. The normalized spacial score (nSPS) is 10.1. The first-order chi connectivity index (χ1) is 8.63. The maximum atomic E-state index is 10.9. The minimum atomic E-state index is -0.0838. The second kappa shape index (κ2) is 5.26. The second-order valence-corrected chi connectivity index (χ2v) is 3.81. The molecule has 18 heavy (non-hydrogen) atoms. The SMILES string of the molecule is CC(=O)Nc1ccc(NCc2nnn(C)n2)cc1.